The number of allylic oxidation sites excluding steroid dienone is 2. The molecule has 4 saturated carbocycles. The molecule has 0 bridgehead atoms. The third-order valence-electron chi connectivity index (χ3n) is 14.1. The van der Waals surface area contributed by atoms with Crippen LogP contribution in [-0.2, 0) is 28.5 Å². The van der Waals surface area contributed by atoms with Gasteiger partial charge in [-0.15, -0.1) is 0 Å². The van der Waals surface area contributed by atoms with Crippen LogP contribution < -0.4 is 0 Å². The molecule has 5 aliphatic carbocycles. The van der Waals surface area contributed by atoms with Gasteiger partial charge < -0.3 is 18.9 Å². The highest BCUT2D eigenvalue weighted by Crippen LogP contribution is 2.76. The lowest BCUT2D eigenvalue weighted by Crippen LogP contribution is -2.68. The molecular weight excluding hydrogens is 504 g/mol. The van der Waals surface area contributed by atoms with Crippen molar-refractivity contribution in [2.75, 3.05) is 34.0 Å². The Morgan fingerprint density at radius 1 is 0.925 bits per heavy atom. The van der Waals surface area contributed by atoms with E-state index in [1.807, 2.05) is 0 Å². The molecule has 6 aliphatic rings. The van der Waals surface area contributed by atoms with Crippen molar-refractivity contribution in [3.05, 3.63) is 11.6 Å². The minimum Gasteiger partial charge on any atom is -0.469 e. The number of ether oxygens (including phenoxy) is 4. The molecule has 0 aromatic rings. The number of esters is 1. The molecule has 1 saturated heterocycles. The number of ketones is 1. The van der Waals surface area contributed by atoms with Crippen molar-refractivity contribution in [2.45, 2.75) is 105 Å². The normalized spacial score (nSPS) is 48.9. The van der Waals surface area contributed by atoms with Crippen LogP contribution in [0.3, 0.4) is 0 Å². The Kier molecular flexibility index (Phi) is 6.41. The molecule has 0 aromatic carbocycles. The zero-order valence-electron chi connectivity index (χ0n) is 26.2. The SMILES string of the molecule is COC[C@@]1(C)C2CC[C@]3(C)C(=CC(=O)[C@@H]4[C@@H]5CC(C)(C)CC[C@]5(C(=O)OC)CC[C@]43C)[C@@]2(C)CCC12OCCO2. The molecule has 6 heteroatoms. The Morgan fingerprint density at radius 3 is 2.25 bits per heavy atom. The maximum atomic E-state index is 14.6. The van der Waals surface area contributed by atoms with E-state index in [-0.39, 0.29) is 56.6 Å². The Bertz CT molecular complexity index is 1120. The number of rotatable bonds is 3. The average Bonchev–Trinajstić information content (AvgIpc) is 3.38. The van der Waals surface area contributed by atoms with E-state index in [1.165, 1.54) is 12.7 Å². The highest BCUT2D eigenvalue weighted by atomic mass is 16.7. The topological polar surface area (TPSA) is 71.1 Å². The lowest BCUT2D eigenvalue weighted by atomic mass is 9.33. The first kappa shape index (κ1) is 28.9. The molecule has 40 heavy (non-hydrogen) atoms. The minimum atomic E-state index is -0.620. The molecule has 224 valence electrons. The third-order valence-corrected chi connectivity index (χ3v) is 14.1. The van der Waals surface area contributed by atoms with E-state index in [1.54, 1.807) is 7.11 Å². The summed E-state index contributed by atoms with van der Waals surface area (Å²) >= 11 is 0. The van der Waals surface area contributed by atoms with Gasteiger partial charge in [-0.3, -0.25) is 9.59 Å². The fourth-order valence-electron chi connectivity index (χ4n) is 11.8. The van der Waals surface area contributed by atoms with E-state index in [0.717, 1.165) is 57.8 Å². The van der Waals surface area contributed by atoms with Crippen molar-refractivity contribution < 1.29 is 28.5 Å². The lowest BCUT2D eigenvalue weighted by molar-refractivity contribution is -0.304. The van der Waals surface area contributed by atoms with Gasteiger partial charge in [0.1, 0.15) is 0 Å². The van der Waals surface area contributed by atoms with E-state index in [2.05, 4.69) is 47.6 Å². The molecule has 1 spiro atoms. The first-order valence-corrected chi connectivity index (χ1v) is 15.8. The number of methoxy groups -OCH3 is 2. The molecule has 8 atom stereocenters. The molecule has 1 aliphatic heterocycles. The summed E-state index contributed by atoms with van der Waals surface area (Å²) in [6, 6.07) is 0. The van der Waals surface area contributed by atoms with Crippen LogP contribution >= 0.6 is 0 Å². The van der Waals surface area contributed by atoms with Gasteiger partial charge >= 0.3 is 5.97 Å². The second-order valence-corrected chi connectivity index (χ2v) is 16.1. The summed E-state index contributed by atoms with van der Waals surface area (Å²) in [5.41, 5.74) is 0.132. The van der Waals surface area contributed by atoms with Gasteiger partial charge in [-0.1, -0.05) is 47.1 Å². The van der Waals surface area contributed by atoms with Gasteiger partial charge in [-0.05, 0) is 90.9 Å². The molecule has 1 heterocycles. The number of hydrogen-bond donors (Lipinski definition) is 0. The van der Waals surface area contributed by atoms with Crippen LogP contribution in [0.25, 0.3) is 0 Å². The Labute approximate surface area is 241 Å². The summed E-state index contributed by atoms with van der Waals surface area (Å²) in [4.78, 5) is 28.1. The number of carbonyl (C=O) groups excluding carboxylic acids is 2. The minimum absolute atomic E-state index is 0.0174. The monoisotopic (exact) mass is 556 g/mol. The molecule has 0 amide bonds. The summed E-state index contributed by atoms with van der Waals surface area (Å²) in [6.45, 7) is 16.0. The molecule has 0 aromatic heterocycles. The van der Waals surface area contributed by atoms with Crippen LogP contribution in [0, 0.1) is 50.2 Å². The van der Waals surface area contributed by atoms with Gasteiger partial charge in [-0.25, -0.2) is 0 Å². The quantitative estimate of drug-likeness (QED) is 0.369. The van der Waals surface area contributed by atoms with Crippen LogP contribution in [0.4, 0.5) is 0 Å². The number of fused-ring (bicyclic) bond motifs is 7. The van der Waals surface area contributed by atoms with Crippen LogP contribution in [0.5, 0.6) is 0 Å². The number of carbonyl (C=O) groups is 2. The zero-order chi connectivity index (χ0) is 29.0. The second-order valence-electron chi connectivity index (χ2n) is 16.1. The maximum absolute atomic E-state index is 14.6. The van der Waals surface area contributed by atoms with Gasteiger partial charge in [0.05, 0.1) is 32.3 Å². The van der Waals surface area contributed by atoms with Crippen LogP contribution in [-0.4, -0.2) is 51.6 Å². The molecule has 5 fully saturated rings. The summed E-state index contributed by atoms with van der Waals surface area (Å²) in [5, 5.41) is 0. The average molecular weight is 557 g/mol. The Hall–Kier alpha value is -1.24. The first-order chi connectivity index (χ1) is 18.7. The largest absolute Gasteiger partial charge is 0.469 e. The standard InChI is InChI=1S/C34H52O6/c1-28(2)11-14-33(27(36)38-8)15-13-31(5)26(22(33)20-28)23(35)19-25-29(3)12-16-34(39-17-18-40-34)32(6,21-37-7)24(29)9-10-30(25,31)4/h19,22,24,26H,9-18,20-21H2,1-8H3/t22-,24?,26-,29-,30+,31+,32-,33-/m0/s1. The molecule has 0 radical (unpaired) electrons. The predicted octanol–water partition coefficient (Wildman–Crippen LogP) is 6.51. The highest BCUT2D eigenvalue weighted by molar-refractivity contribution is 5.96. The molecule has 6 nitrogen and oxygen atoms in total. The highest BCUT2D eigenvalue weighted by Gasteiger charge is 2.73. The summed E-state index contributed by atoms with van der Waals surface area (Å²) in [6.07, 6.45) is 10.3. The summed E-state index contributed by atoms with van der Waals surface area (Å²) < 4.78 is 24.2. The van der Waals surface area contributed by atoms with Gasteiger partial charge in [0, 0.05) is 24.9 Å². The fraction of sp³-hybridized carbons (Fsp3) is 0.882. The Morgan fingerprint density at radius 2 is 1.60 bits per heavy atom. The summed E-state index contributed by atoms with van der Waals surface area (Å²) in [5.74, 6) is -0.326. The fourth-order valence-corrected chi connectivity index (χ4v) is 11.8. The molecule has 1 unspecified atom stereocenters. The Balaban J connectivity index is 1.46. The molecule has 0 N–H and O–H groups in total. The van der Waals surface area contributed by atoms with Crippen molar-refractivity contribution in [3.63, 3.8) is 0 Å². The van der Waals surface area contributed by atoms with Gasteiger partial charge in [-0.2, -0.15) is 0 Å². The molecular formula is C34H52O6. The van der Waals surface area contributed by atoms with Crippen molar-refractivity contribution in [1.82, 2.24) is 0 Å². The van der Waals surface area contributed by atoms with Crippen molar-refractivity contribution in [2.24, 2.45) is 50.2 Å². The van der Waals surface area contributed by atoms with E-state index in [9.17, 15) is 9.59 Å². The summed E-state index contributed by atoms with van der Waals surface area (Å²) in [7, 11) is 3.31. The third kappa shape index (κ3) is 3.39. The van der Waals surface area contributed by atoms with Gasteiger partial charge in [0.15, 0.2) is 11.6 Å². The second kappa shape index (κ2) is 8.89. The lowest BCUT2D eigenvalue weighted by Gasteiger charge is -2.70. The smallest absolute Gasteiger partial charge is 0.312 e. The van der Waals surface area contributed by atoms with Crippen LogP contribution in [0.15, 0.2) is 11.6 Å². The van der Waals surface area contributed by atoms with Crippen molar-refractivity contribution in [3.8, 4) is 0 Å². The van der Waals surface area contributed by atoms with E-state index < -0.39 is 11.2 Å². The van der Waals surface area contributed by atoms with Gasteiger partial charge in [0.2, 0.25) is 0 Å². The van der Waals surface area contributed by atoms with Gasteiger partial charge in [0.25, 0.3) is 0 Å². The van der Waals surface area contributed by atoms with E-state index in [4.69, 9.17) is 18.9 Å². The predicted molar refractivity (Wildman–Crippen MR) is 152 cm³/mol. The van der Waals surface area contributed by atoms with Crippen molar-refractivity contribution >= 4 is 11.8 Å². The van der Waals surface area contributed by atoms with Crippen LogP contribution in [0.1, 0.15) is 99.3 Å². The van der Waals surface area contributed by atoms with E-state index in [0.29, 0.717) is 19.8 Å². The number of hydrogen-bond acceptors (Lipinski definition) is 6. The van der Waals surface area contributed by atoms with Crippen LogP contribution in [0.2, 0.25) is 0 Å². The maximum Gasteiger partial charge on any atom is 0.312 e. The molecule has 6 rings (SSSR count). The zero-order valence-corrected chi connectivity index (χ0v) is 26.2. The first-order valence-electron chi connectivity index (χ1n) is 15.8. The van der Waals surface area contributed by atoms with Crippen molar-refractivity contribution in [1.29, 1.82) is 0 Å². The van der Waals surface area contributed by atoms with E-state index >= 15 is 0 Å².